The highest BCUT2D eigenvalue weighted by Gasteiger charge is 2.24. The molecule has 0 saturated heterocycles. The second-order valence-corrected chi connectivity index (χ2v) is 4.51. The largest absolute Gasteiger partial charge is 0.492 e. The van der Waals surface area contributed by atoms with E-state index in [9.17, 15) is 4.79 Å². The van der Waals surface area contributed by atoms with Gasteiger partial charge in [0.15, 0.2) is 0 Å². The van der Waals surface area contributed by atoms with Crippen molar-refractivity contribution in [2.24, 2.45) is 11.1 Å². The van der Waals surface area contributed by atoms with Crippen molar-refractivity contribution >= 4 is 5.91 Å². The molecule has 0 atom stereocenters. The molecule has 0 spiro atoms. The monoisotopic (exact) mass is 236 g/mol. The van der Waals surface area contributed by atoms with Crippen LogP contribution >= 0.6 is 0 Å². The number of carbonyl (C=O) groups is 1. The standard InChI is InChI=1S/C13H20N2O2/c1-13(2,10-14)12(16)15-8-9-17-11-6-4-3-5-7-11/h3-7H,8-10,14H2,1-2H3,(H,15,16). The normalized spacial score (nSPS) is 11.0. The second-order valence-electron chi connectivity index (χ2n) is 4.51. The summed E-state index contributed by atoms with van der Waals surface area (Å²) >= 11 is 0. The summed E-state index contributed by atoms with van der Waals surface area (Å²) in [6.07, 6.45) is 0. The first kappa shape index (κ1) is 13.5. The summed E-state index contributed by atoms with van der Waals surface area (Å²) in [7, 11) is 0. The lowest BCUT2D eigenvalue weighted by Gasteiger charge is -2.21. The number of nitrogens with two attached hydrogens (primary N) is 1. The molecule has 3 N–H and O–H groups in total. The minimum Gasteiger partial charge on any atom is -0.492 e. The van der Waals surface area contributed by atoms with Crippen LogP contribution in [0.2, 0.25) is 0 Å². The number of rotatable bonds is 6. The molecule has 4 heteroatoms. The zero-order valence-electron chi connectivity index (χ0n) is 10.4. The van der Waals surface area contributed by atoms with Gasteiger partial charge in [-0.25, -0.2) is 0 Å². The predicted molar refractivity (Wildman–Crippen MR) is 67.8 cm³/mol. The summed E-state index contributed by atoms with van der Waals surface area (Å²) < 4.78 is 5.46. The zero-order chi connectivity index (χ0) is 12.7. The molecule has 0 aliphatic heterocycles. The number of amides is 1. The first-order chi connectivity index (χ1) is 8.06. The highest BCUT2D eigenvalue weighted by molar-refractivity contribution is 5.81. The Morgan fingerprint density at radius 2 is 2.00 bits per heavy atom. The molecule has 17 heavy (non-hydrogen) atoms. The molecule has 0 radical (unpaired) electrons. The molecular weight excluding hydrogens is 216 g/mol. The lowest BCUT2D eigenvalue weighted by molar-refractivity contribution is -0.128. The topological polar surface area (TPSA) is 64.4 Å². The van der Waals surface area contributed by atoms with Gasteiger partial charge in [0.1, 0.15) is 12.4 Å². The lowest BCUT2D eigenvalue weighted by atomic mass is 9.93. The molecule has 0 fully saturated rings. The predicted octanol–water partition coefficient (Wildman–Crippen LogP) is 1.17. The smallest absolute Gasteiger partial charge is 0.227 e. The fraction of sp³-hybridized carbons (Fsp3) is 0.462. The van der Waals surface area contributed by atoms with Gasteiger partial charge in [0.05, 0.1) is 12.0 Å². The molecule has 1 aromatic carbocycles. The molecule has 1 rings (SSSR count). The lowest BCUT2D eigenvalue weighted by Crippen LogP contribution is -2.43. The van der Waals surface area contributed by atoms with Crippen LogP contribution in [0.25, 0.3) is 0 Å². The third-order valence-electron chi connectivity index (χ3n) is 2.52. The molecule has 94 valence electrons. The van der Waals surface area contributed by atoms with Crippen LogP contribution in [0.1, 0.15) is 13.8 Å². The average Bonchev–Trinajstić information content (AvgIpc) is 2.35. The van der Waals surface area contributed by atoms with Crippen LogP contribution in [0, 0.1) is 5.41 Å². The summed E-state index contributed by atoms with van der Waals surface area (Å²) in [6.45, 7) is 4.91. The van der Waals surface area contributed by atoms with E-state index in [2.05, 4.69) is 5.32 Å². The van der Waals surface area contributed by atoms with E-state index in [1.807, 2.05) is 44.2 Å². The van der Waals surface area contributed by atoms with Crippen molar-refractivity contribution in [2.75, 3.05) is 19.7 Å². The van der Waals surface area contributed by atoms with Crippen LogP contribution in [0.15, 0.2) is 30.3 Å². The highest BCUT2D eigenvalue weighted by atomic mass is 16.5. The van der Waals surface area contributed by atoms with Crippen molar-refractivity contribution in [3.8, 4) is 5.75 Å². The Kier molecular flexibility index (Phi) is 4.97. The van der Waals surface area contributed by atoms with Crippen molar-refractivity contribution in [3.05, 3.63) is 30.3 Å². The fourth-order valence-electron chi connectivity index (χ4n) is 1.18. The summed E-state index contributed by atoms with van der Waals surface area (Å²) in [4.78, 5) is 11.7. The minimum atomic E-state index is -0.521. The average molecular weight is 236 g/mol. The molecule has 1 amide bonds. The van der Waals surface area contributed by atoms with Crippen LogP contribution in [0.3, 0.4) is 0 Å². The van der Waals surface area contributed by atoms with E-state index in [0.717, 1.165) is 5.75 Å². The van der Waals surface area contributed by atoms with Gasteiger partial charge in [-0.3, -0.25) is 4.79 Å². The molecule has 0 heterocycles. The number of hydrogen-bond donors (Lipinski definition) is 2. The van der Waals surface area contributed by atoms with E-state index >= 15 is 0 Å². The number of hydrogen-bond acceptors (Lipinski definition) is 3. The van der Waals surface area contributed by atoms with Gasteiger partial charge in [0.2, 0.25) is 5.91 Å². The third kappa shape index (κ3) is 4.44. The summed E-state index contributed by atoms with van der Waals surface area (Å²) in [5, 5.41) is 2.80. The molecule has 0 unspecified atom stereocenters. The van der Waals surface area contributed by atoms with Gasteiger partial charge in [0.25, 0.3) is 0 Å². The van der Waals surface area contributed by atoms with Gasteiger partial charge in [0, 0.05) is 6.54 Å². The van der Waals surface area contributed by atoms with Crippen LogP contribution in [-0.2, 0) is 4.79 Å². The quantitative estimate of drug-likeness (QED) is 0.729. The number of nitrogens with one attached hydrogen (secondary N) is 1. The molecule has 4 nitrogen and oxygen atoms in total. The molecule has 0 aliphatic rings. The van der Waals surface area contributed by atoms with Crippen LogP contribution in [0.5, 0.6) is 5.75 Å². The maximum atomic E-state index is 11.7. The van der Waals surface area contributed by atoms with Gasteiger partial charge in [-0.15, -0.1) is 0 Å². The number of ether oxygens (including phenoxy) is 1. The number of carbonyl (C=O) groups excluding carboxylic acids is 1. The highest BCUT2D eigenvalue weighted by Crippen LogP contribution is 2.12. The zero-order valence-corrected chi connectivity index (χ0v) is 10.4. The Hall–Kier alpha value is -1.55. The maximum absolute atomic E-state index is 11.7. The fourth-order valence-corrected chi connectivity index (χ4v) is 1.18. The van der Waals surface area contributed by atoms with Crippen molar-refractivity contribution in [1.82, 2.24) is 5.32 Å². The summed E-state index contributed by atoms with van der Waals surface area (Å²) in [5.41, 5.74) is 4.99. The van der Waals surface area contributed by atoms with E-state index in [1.54, 1.807) is 0 Å². The van der Waals surface area contributed by atoms with Crippen molar-refractivity contribution in [2.45, 2.75) is 13.8 Å². The first-order valence-electron chi connectivity index (χ1n) is 5.72. The van der Waals surface area contributed by atoms with Crippen molar-refractivity contribution < 1.29 is 9.53 Å². The second kappa shape index (κ2) is 6.25. The Bertz CT molecular complexity index is 350. The van der Waals surface area contributed by atoms with Gasteiger partial charge < -0.3 is 15.8 Å². The molecule has 0 aromatic heterocycles. The molecule has 0 saturated carbocycles. The molecule has 1 aromatic rings. The van der Waals surface area contributed by atoms with Crippen LogP contribution < -0.4 is 15.8 Å². The van der Waals surface area contributed by atoms with Crippen molar-refractivity contribution in [3.63, 3.8) is 0 Å². The van der Waals surface area contributed by atoms with Gasteiger partial charge >= 0.3 is 0 Å². The van der Waals surface area contributed by atoms with E-state index in [0.29, 0.717) is 19.7 Å². The summed E-state index contributed by atoms with van der Waals surface area (Å²) in [5.74, 6) is 0.761. The minimum absolute atomic E-state index is 0.0448. The Morgan fingerprint density at radius 3 is 2.59 bits per heavy atom. The maximum Gasteiger partial charge on any atom is 0.227 e. The Balaban J connectivity index is 2.23. The SMILES string of the molecule is CC(C)(CN)C(=O)NCCOc1ccccc1. The first-order valence-corrected chi connectivity index (χ1v) is 5.72. The number of para-hydroxylation sites is 1. The third-order valence-corrected chi connectivity index (χ3v) is 2.52. The van der Waals surface area contributed by atoms with Crippen LogP contribution in [0.4, 0.5) is 0 Å². The van der Waals surface area contributed by atoms with Gasteiger partial charge in [-0.05, 0) is 26.0 Å². The van der Waals surface area contributed by atoms with Gasteiger partial charge in [-0.1, -0.05) is 18.2 Å². The van der Waals surface area contributed by atoms with Crippen molar-refractivity contribution in [1.29, 1.82) is 0 Å². The van der Waals surface area contributed by atoms with E-state index < -0.39 is 5.41 Å². The van der Waals surface area contributed by atoms with E-state index in [1.165, 1.54) is 0 Å². The van der Waals surface area contributed by atoms with E-state index in [4.69, 9.17) is 10.5 Å². The van der Waals surface area contributed by atoms with Gasteiger partial charge in [-0.2, -0.15) is 0 Å². The molecule has 0 aliphatic carbocycles. The molecular formula is C13H20N2O2. The molecule has 0 bridgehead atoms. The van der Waals surface area contributed by atoms with Crippen LogP contribution in [-0.4, -0.2) is 25.6 Å². The number of benzene rings is 1. The Morgan fingerprint density at radius 1 is 1.35 bits per heavy atom. The Labute approximate surface area is 102 Å². The summed E-state index contributed by atoms with van der Waals surface area (Å²) in [6, 6.07) is 9.51. The van der Waals surface area contributed by atoms with E-state index in [-0.39, 0.29) is 5.91 Å².